The zero-order chi connectivity index (χ0) is 14.7. The van der Waals surface area contributed by atoms with Crippen molar-refractivity contribution in [3.8, 4) is 11.5 Å². The van der Waals surface area contributed by atoms with Crippen LogP contribution in [0.15, 0.2) is 36.4 Å². The van der Waals surface area contributed by atoms with E-state index >= 15 is 0 Å². The second-order valence-corrected chi connectivity index (χ2v) is 4.76. The molecule has 104 valence electrons. The molecule has 2 aromatic rings. The van der Waals surface area contributed by atoms with E-state index in [2.05, 4.69) is 0 Å². The Morgan fingerprint density at radius 3 is 2.70 bits per heavy atom. The van der Waals surface area contributed by atoms with Crippen molar-refractivity contribution in [3.05, 3.63) is 62.7 Å². The first-order valence-electron chi connectivity index (χ1n) is 5.82. The van der Waals surface area contributed by atoms with Gasteiger partial charge in [0.05, 0.1) is 10.5 Å². The Labute approximate surface area is 120 Å². The minimum absolute atomic E-state index is 0.0242. The molecule has 0 aliphatic rings. The predicted molar refractivity (Wildman–Crippen MR) is 75.3 cm³/mol. The van der Waals surface area contributed by atoms with Gasteiger partial charge in [0, 0.05) is 17.2 Å². The summed E-state index contributed by atoms with van der Waals surface area (Å²) in [6.07, 6.45) is 0. The molecule has 0 aliphatic carbocycles. The number of halogens is 1. The van der Waals surface area contributed by atoms with Gasteiger partial charge in [0.2, 0.25) is 0 Å². The van der Waals surface area contributed by atoms with Crippen molar-refractivity contribution in [2.24, 2.45) is 0 Å². The molecule has 0 saturated carbocycles. The predicted octanol–water partition coefficient (Wildman–Crippen LogP) is 3.84. The Balaban J connectivity index is 2.20. The van der Waals surface area contributed by atoms with E-state index in [4.69, 9.17) is 16.3 Å². The molecule has 0 spiro atoms. The van der Waals surface area contributed by atoms with Crippen LogP contribution in [0.2, 0.25) is 5.02 Å². The molecule has 0 atom stereocenters. The van der Waals surface area contributed by atoms with Gasteiger partial charge in [-0.25, -0.2) is 0 Å². The van der Waals surface area contributed by atoms with Gasteiger partial charge in [-0.15, -0.1) is 0 Å². The second-order valence-electron chi connectivity index (χ2n) is 4.32. The van der Waals surface area contributed by atoms with Crippen LogP contribution in [0.1, 0.15) is 11.1 Å². The normalized spacial score (nSPS) is 10.3. The van der Waals surface area contributed by atoms with E-state index in [1.54, 1.807) is 24.3 Å². The van der Waals surface area contributed by atoms with Gasteiger partial charge in [-0.3, -0.25) is 10.1 Å². The fourth-order valence-electron chi connectivity index (χ4n) is 1.80. The molecule has 2 aromatic carbocycles. The first-order chi connectivity index (χ1) is 9.45. The highest BCUT2D eigenvalue weighted by atomic mass is 35.5. The number of aromatic hydroxyl groups is 1. The Kier molecular flexibility index (Phi) is 4.10. The quantitative estimate of drug-likeness (QED) is 0.686. The number of nitro benzene ring substituents is 1. The van der Waals surface area contributed by atoms with E-state index in [0.717, 1.165) is 5.56 Å². The number of nitrogens with zero attached hydrogens (tertiary/aromatic N) is 1. The third-order valence-electron chi connectivity index (χ3n) is 2.67. The van der Waals surface area contributed by atoms with Crippen LogP contribution < -0.4 is 4.74 Å². The van der Waals surface area contributed by atoms with Crippen LogP contribution in [0.3, 0.4) is 0 Å². The lowest BCUT2D eigenvalue weighted by Gasteiger charge is -2.08. The summed E-state index contributed by atoms with van der Waals surface area (Å²) in [4.78, 5) is 10.4. The number of nitro groups is 1. The van der Waals surface area contributed by atoms with E-state index in [1.165, 1.54) is 12.1 Å². The van der Waals surface area contributed by atoms with E-state index < -0.39 is 4.92 Å². The van der Waals surface area contributed by atoms with Gasteiger partial charge in [0.15, 0.2) is 0 Å². The average molecular weight is 294 g/mol. The highest BCUT2D eigenvalue weighted by Crippen LogP contribution is 2.26. The maximum atomic E-state index is 10.9. The summed E-state index contributed by atoms with van der Waals surface area (Å²) >= 11 is 5.74. The highest BCUT2D eigenvalue weighted by Gasteiger charge is 2.14. The Hall–Kier alpha value is -2.27. The molecule has 0 amide bonds. The summed E-state index contributed by atoms with van der Waals surface area (Å²) in [5, 5.41) is 20.7. The number of hydrogen-bond acceptors (Lipinski definition) is 4. The van der Waals surface area contributed by atoms with Crippen LogP contribution in [0.4, 0.5) is 5.69 Å². The van der Waals surface area contributed by atoms with Gasteiger partial charge in [0.1, 0.15) is 18.1 Å². The molecule has 0 fully saturated rings. The molecule has 20 heavy (non-hydrogen) atoms. The van der Waals surface area contributed by atoms with Gasteiger partial charge in [-0.1, -0.05) is 11.6 Å². The van der Waals surface area contributed by atoms with Crippen molar-refractivity contribution < 1.29 is 14.8 Å². The monoisotopic (exact) mass is 293 g/mol. The fraction of sp³-hybridized carbons (Fsp3) is 0.143. The standard InChI is InChI=1S/C14H12ClNO4/c1-9-4-12(17)7-13(5-9)20-8-10-2-3-11(15)6-14(10)16(18)19/h2-7,17H,8H2,1H3. The molecule has 1 N–H and O–H groups in total. The Morgan fingerprint density at radius 1 is 1.30 bits per heavy atom. The average Bonchev–Trinajstić information content (AvgIpc) is 2.36. The Morgan fingerprint density at radius 2 is 2.05 bits per heavy atom. The summed E-state index contributed by atoms with van der Waals surface area (Å²) in [5.41, 5.74) is 1.17. The zero-order valence-electron chi connectivity index (χ0n) is 10.7. The van der Waals surface area contributed by atoms with Crippen LogP contribution in [-0.2, 0) is 6.61 Å². The fourth-order valence-corrected chi connectivity index (χ4v) is 1.97. The van der Waals surface area contributed by atoms with Gasteiger partial charge < -0.3 is 9.84 Å². The molecule has 5 nitrogen and oxygen atoms in total. The van der Waals surface area contributed by atoms with Crippen molar-refractivity contribution in [2.75, 3.05) is 0 Å². The van der Waals surface area contributed by atoms with Gasteiger partial charge in [-0.05, 0) is 36.8 Å². The van der Waals surface area contributed by atoms with Crippen molar-refractivity contribution in [1.29, 1.82) is 0 Å². The minimum Gasteiger partial charge on any atom is -0.508 e. The van der Waals surface area contributed by atoms with Crippen LogP contribution >= 0.6 is 11.6 Å². The zero-order valence-corrected chi connectivity index (χ0v) is 11.4. The van der Waals surface area contributed by atoms with E-state index in [-0.39, 0.29) is 18.0 Å². The first kappa shape index (κ1) is 14.1. The molecule has 0 heterocycles. The summed E-state index contributed by atoms with van der Waals surface area (Å²) in [5.74, 6) is 0.539. The number of aryl methyl sites for hydroxylation is 1. The molecule has 0 aliphatic heterocycles. The van der Waals surface area contributed by atoms with Crippen LogP contribution in [-0.4, -0.2) is 10.0 Å². The number of rotatable bonds is 4. The molecule has 2 rings (SSSR count). The largest absolute Gasteiger partial charge is 0.508 e. The molecule has 0 bridgehead atoms. The smallest absolute Gasteiger partial charge is 0.277 e. The highest BCUT2D eigenvalue weighted by molar-refractivity contribution is 6.30. The molecular formula is C14H12ClNO4. The lowest BCUT2D eigenvalue weighted by Crippen LogP contribution is -2.00. The SMILES string of the molecule is Cc1cc(O)cc(OCc2ccc(Cl)cc2[N+](=O)[O-])c1. The third-order valence-corrected chi connectivity index (χ3v) is 2.91. The van der Waals surface area contributed by atoms with Crippen LogP contribution in [0.5, 0.6) is 11.5 Å². The summed E-state index contributed by atoms with van der Waals surface area (Å²) in [6.45, 7) is 1.84. The van der Waals surface area contributed by atoms with E-state index in [9.17, 15) is 15.2 Å². The number of phenolic OH excluding ortho intramolecular Hbond substituents is 1. The number of phenols is 1. The van der Waals surface area contributed by atoms with Gasteiger partial charge in [0.25, 0.3) is 5.69 Å². The lowest BCUT2D eigenvalue weighted by molar-refractivity contribution is -0.385. The minimum atomic E-state index is -0.502. The van der Waals surface area contributed by atoms with Crippen molar-refractivity contribution in [1.82, 2.24) is 0 Å². The maximum absolute atomic E-state index is 10.9. The molecule has 6 heteroatoms. The summed E-state index contributed by atoms with van der Waals surface area (Å²) < 4.78 is 5.48. The molecular weight excluding hydrogens is 282 g/mol. The number of benzene rings is 2. The number of ether oxygens (including phenoxy) is 1. The third kappa shape index (κ3) is 3.39. The molecule has 0 unspecified atom stereocenters. The summed E-state index contributed by atoms with van der Waals surface area (Å²) in [6, 6.07) is 9.19. The van der Waals surface area contributed by atoms with E-state index in [1.807, 2.05) is 6.92 Å². The second kappa shape index (κ2) is 5.79. The topological polar surface area (TPSA) is 72.6 Å². The van der Waals surface area contributed by atoms with Crippen LogP contribution in [0.25, 0.3) is 0 Å². The first-order valence-corrected chi connectivity index (χ1v) is 6.20. The summed E-state index contributed by atoms with van der Waals surface area (Å²) in [7, 11) is 0. The van der Waals surface area contributed by atoms with Crippen LogP contribution in [0, 0.1) is 17.0 Å². The van der Waals surface area contributed by atoms with E-state index in [0.29, 0.717) is 16.3 Å². The van der Waals surface area contributed by atoms with Crippen molar-refractivity contribution in [2.45, 2.75) is 13.5 Å². The number of hydrogen-bond donors (Lipinski definition) is 1. The maximum Gasteiger partial charge on any atom is 0.277 e. The van der Waals surface area contributed by atoms with Gasteiger partial charge >= 0.3 is 0 Å². The molecule has 0 radical (unpaired) electrons. The lowest BCUT2D eigenvalue weighted by atomic mass is 10.2. The van der Waals surface area contributed by atoms with Gasteiger partial charge in [-0.2, -0.15) is 0 Å². The Bertz CT molecular complexity index is 637. The van der Waals surface area contributed by atoms with Crippen molar-refractivity contribution in [3.63, 3.8) is 0 Å². The van der Waals surface area contributed by atoms with Crippen molar-refractivity contribution >= 4 is 17.3 Å². The molecule has 0 saturated heterocycles. The molecule has 0 aromatic heterocycles.